The lowest BCUT2D eigenvalue weighted by atomic mass is 10.1. The summed E-state index contributed by atoms with van der Waals surface area (Å²) in [6.07, 6.45) is -9.20. The van der Waals surface area contributed by atoms with Crippen molar-refractivity contribution in [1.29, 1.82) is 0 Å². The summed E-state index contributed by atoms with van der Waals surface area (Å²) in [7, 11) is 0. The van der Waals surface area contributed by atoms with Crippen LogP contribution in [0.2, 0.25) is 0 Å². The van der Waals surface area contributed by atoms with Gasteiger partial charge in [0.25, 0.3) is 0 Å². The normalized spacial score (nSPS) is 51.2. The van der Waals surface area contributed by atoms with Crippen LogP contribution in [0, 0.1) is 0 Å². The third-order valence-corrected chi connectivity index (χ3v) is 0.754. The van der Waals surface area contributed by atoms with E-state index in [1.165, 1.54) is 0 Å². The van der Waals surface area contributed by atoms with E-state index in [4.69, 9.17) is 16.1 Å². The van der Waals surface area contributed by atoms with Crippen molar-refractivity contribution in [3.63, 3.8) is 0 Å². The lowest BCUT2D eigenvalue weighted by molar-refractivity contribution is -0.121. The molecule has 56 valence electrons. The molecule has 1 rings (SSSR count). The Labute approximate surface area is 69.7 Å². The van der Waals surface area contributed by atoms with Crippen molar-refractivity contribution in [3.8, 4) is 0 Å². The van der Waals surface area contributed by atoms with Gasteiger partial charge in [-0.2, -0.15) is 0 Å². The minimum Gasteiger partial charge on any atom is -0.465 e. The highest BCUT2D eigenvalue weighted by atomic mass is 16.4. The molecule has 0 aromatic carbocycles. The standard InChI is InChI=1S/C6H9NO3/c8-5-1-3-7(4-2-5)6(9)10/h1-4H2,(H,9,10)/i1D2,2D2,3D2,4D2. The Morgan fingerprint density at radius 3 is 2.50 bits per heavy atom. The van der Waals surface area contributed by atoms with Crippen LogP contribution in [-0.4, -0.2) is 34.9 Å². The van der Waals surface area contributed by atoms with Crippen molar-refractivity contribution in [2.24, 2.45) is 0 Å². The van der Waals surface area contributed by atoms with Gasteiger partial charge < -0.3 is 10.0 Å². The molecule has 0 atom stereocenters. The second-order valence-electron chi connectivity index (χ2n) is 1.42. The molecule has 0 aromatic rings. The van der Waals surface area contributed by atoms with Crippen LogP contribution in [0.4, 0.5) is 4.79 Å². The average Bonchev–Trinajstić information content (AvgIpc) is 2.12. The number of Topliss-reactive ketones (excluding diaryl/α,β-unsaturated/α-hetero) is 1. The zero-order valence-electron chi connectivity index (χ0n) is 12.7. The van der Waals surface area contributed by atoms with Crippen LogP contribution in [0.3, 0.4) is 0 Å². The van der Waals surface area contributed by atoms with Crippen LogP contribution in [0.15, 0.2) is 0 Å². The van der Waals surface area contributed by atoms with Gasteiger partial charge >= 0.3 is 6.09 Å². The number of amides is 1. The second kappa shape index (κ2) is 2.68. The maximum atomic E-state index is 11.5. The Morgan fingerprint density at radius 1 is 1.60 bits per heavy atom. The van der Waals surface area contributed by atoms with Gasteiger partial charge in [0, 0.05) is 36.7 Å². The number of carbonyl (C=O) groups is 2. The summed E-state index contributed by atoms with van der Waals surface area (Å²) < 4.78 is 58.0. The molecule has 1 aliphatic rings. The van der Waals surface area contributed by atoms with Gasteiger partial charge in [0.1, 0.15) is 5.78 Å². The number of rotatable bonds is 0. The highest BCUT2D eigenvalue weighted by Crippen LogP contribution is 2.04. The van der Waals surface area contributed by atoms with Gasteiger partial charge in [-0.25, -0.2) is 4.79 Å². The predicted octanol–water partition coefficient (Wildman–Crippen LogP) is 0.329. The van der Waals surface area contributed by atoms with Gasteiger partial charge in [-0.1, -0.05) is 0 Å². The highest BCUT2D eigenvalue weighted by molar-refractivity contribution is 5.81. The molecule has 0 saturated carbocycles. The third-order valence-electron chi connectivity index (χ3n) is 0.754. The Kier molecular flexibility index (Phi) is 0.527. The first-order valence-electron chi connectivity index (χ1n) is 6.30. The van der Waals surface area contributed by atoms with E-state index >= 15 is 0 Å². The van der Waals surface area contributed by atoms with Gasteiger partial charge in [0.2, 0.25) is 0 Å². The number of ketones is 1. The van der Waals surface area contributed by atoms with Crippen LogP contribution in [0.5, 0.6) is 0 Å². The molecule has 1 fully saturated rings. The summed E-state index contributed by atoms with van der Waals surface area (Å²) in [4.78, 5) is 21.8. The Hall–Kier alpha value is -1.06. The first-order chi connectivity index (χ1) is 7.72. The van der Waals surface area contributed by atoms with E-state index in [0.717, 1.165) is 0 Å². The van der Waals surface area contributed by atoms with Crippen LogP contribution in [0.1, 0.15) is 23.7 Å². The van der Waals surface area contributed by atoms with Crippen molar-refractivity contribution in [3.05, 3.63) is 0 Å². The Balaban J connectivity index is 3.61. The van der Waals surface area contributed by atoms with Crippen molar-refractivity contribution >= 4 is 11.9 Å². The Morgan fingerprint density at radius 2 is 2.10 bits per heavy atom. The number of nitrogens with zero attached hydrogens (tertiary/aromatic N) is 1. The lowest BCUT2D eigenvalue weighted by Crippen LogP contribution is -2.37. The minimum absolute atomic E-state index is 0.638. The van der Waals surface area contributed by atoms with Crippen molar-refractivity contribution in [2.75, 3.05) is 13.0 Å². The van der Waals surface area contributed by atoms with E-state index < -0.39 is 42.5 Å². The highest BCUT2D eigenvalue weighted by Gasteiger charge is 2.19. The van der Waals surface area contributed by atoms with Gasteiger partial charge in [0.15, 0.2) is 0 Å². The average molecular weight is 151 g/mol. The summed E-state index contributed by atoms with van der Waals surface area (Å²) in [5, 5.41) is 8.76. The summed E-state index contributed by atoms with van der Waals surface area (Å²) in [6.45, 7) is -7.05. The topological polar surface area (TPSA) is 57.6 Å². The van der Waals surface area contributed by atoms with Crippen LogP contribution in [-0.2, 0) is 4.79 Å². The maximum Gasteiger partial charge on any atom is 0.407 e. The lowest BCUT2D eigenvalue weighted by Gasteiger charge is -2.22. The van der Waals surface area contributed by atoms with Gasteiger partial charge in [-0.3, -0.25) is 4.79 Å². The molecule has 0 bridgehead atoms. The largest absolute Gasteiger partial charge is 0.465 e. The third kappa shape index (κ3) is 1.46. The first kappa shape index (κ1) is 1.96. The minimum atomic E-state index is -3.52. The van der Waals surface area contributed by atoms with Gasteiger partial charge in [0.05, 0.1) is 0 Å². The van der Waals surface area contributed by atoms with Gasteiger partial charge in [-0.05, 0) is 0 Å². The molecule has 1 aliphatic heterocycles. The fraction of sp³-hybridized carbons (Fsp3) is 0.667. The molecule has 0 unspecified atom stereocenters. The molecule has 1 saturated heterocycles. The molecule has 4 heteroatoms. The van der Waals surface area contributed by atoms with E-state index in [1.807, 2.05) is 0 Å². The van der Waals surface area contributed by atoms with Crippen LogP contribution >= 0.6 is 0 Å². The fourth-order valence-corrected chi connectivity index (χ4v) is 0.368. The SMILES string of the molecule is [2H]C1([2H])C(=O)C([2H])([2H])C([2H])([2H])N(C(=O)O)C1([2H])[2H]. The van der Waals surface area contributed by atoms with Crippen molar-refractivity contribution in [1.82, 2.24) is 4.90 Å². The van der Waals surface area contributed by atoms with Crippen LogP contribution in [0.25, 0.3) is 0 Å². The number of carbonyl (C=O) groups excluding carboxylic acids is 1. The van der Waals surface area contributed by atoms with Crippen LogP contribution < -0.4 is 0 Å². The monoisotopic (exact) mass is 151 g/mol. The zero-order valence-corrected chi connectivity index (χ0v) is 4.71. The quantitative estimate of drug-likeness (QED) is 0.542. The maximum absolute atomic E-state index is 11.5. The smallest absolute Gasteiger partial charge is 0.407 e. The molecule has 0 radical (unpaired) electrons. The fourth-order valence-electron chi connectivity index (χ4n) is 0.368. The van der Waals surface area contributed by atoms with E-state index in [0.29, 0.717) is 0 Å². The molecule has 4 nitrogen and oxygen atoms in total. The van der Waals surface area contributed by atoms with E-state index in [-0.39, 0.29) is 0 Å². The van der Waals surface area contributed by atoms with E-state index in [1.54, 1.807) is 0 Å². The molecule has 0 aromatic heterocycles. The number of hydrogen-bond donors (Lipinski definition) is 1. The molecule has 1 heterocycles. The van der Waals surface area contributed by atoms with Crippen molar-refractivity contribution < 1.29 is 25.7 Å². The number of hydrogen-bond acceptors (Lipinski definition) is 2. The zero-order chi connectivity index (χ0) is 14.7. The molecule has 0 aliphatic carbocycles. The van der Waals surface area contributed by atoms with Gasteiger partial charge in [-0.15, -0.1) is 0 Å². The summed E-state index contributed by atoms with van der Waals surface area (Å²) in [5.41, 5.74) is 0. The molecule has 10 heavy (non-hydrogen) atoms. The predicted molar refractivity (Wildman–Crippen MR) is 33.8 cm³/mol. The molecular formula is C6H9NO3. The van der Waals surface area contributed by atoms with E-state index in [9.17, 15) is 9.59 Å². The molecule has 1 amide bonds. The molecule has 0 spiro atoms. The summed E-state index contributed by atoms with van der Waals surface area (Å²) >= 11 is 0. The van der Waals surface area contributed by atoms with E-state index in [2.05, 4.69) is 0 Å². The second-order valence-corrected chi connectivity index (χ2v) is 1.42. The molecular weight excluding hydrogens is 134 g/mol. The summed E-state index contributed by atoms with van der Waals surface area (Å²) in [6, 6.07) is 0. The first-order valence-corrected chi connectivity index (χ1v) is 2.30. The Bertz CT molecular complexity index is 389. The number of piperidine rings is 1. The van der Waals surface area contributed by atoms with Crippen molar-refractivity contribution in [2.45, 2.75) is 12.7 Å². The number of likely N-dealkylation sites (tertiary alicyclic amines) is 1. The molecule has 1 N–H and O–H groups in total. The number of carboxylic acid groups (broad SMARTS) is 1. The summed E-state index contributed by atoms with van der Waals surface area (Å²) in [5.74, 6) is -1.97.